The number of nitrogens with zero attached hydrogens (tertiary/aromatic N) is 1. The molecule has 0 atom stereocenters. The van der Waals surface area contributed by atoms with Crippen molar-refractivity contribution in [3.05, 3.63) is 24.3 Å². The number of piperazine rings is 1. The number of rotatable bonds is 6. The van der Waals surface area contributed by atoms with Gasteiger partial charge in [-0.2, -0.15) is 0 Å². The minimum atomic E-state index is -3.72. The van der Waals surface area contributed by atoms with Gasteiger partial charge in [0.2, 0.25) is 15.9 Å². The number of sulfonamides is 1. The first kappa shape index (κ1) is 15.7. The molecular weight excluding hydrogens is 292 g/mol. The number of anilines is 1. The first-order chi connectivity index (χ1) is 9.97. The largest absolute Gasteiger partial charge is 0.384 e. The summed E-state index contributed by atoms with van der Waals surface area (Å²) in [6.45, 7) is 3.36. The molecule has 0 unspecified atom stereocenters. The molecule has 1 aromatic rings. The molecule has 0 spiro atoms. The summed E-state index contributed by atoms with van der Waals surface area (Å²) in [7, 11) is -3.72. The van der Waals surface area contributed by atoms with Crippen molar-refractivity contribution in [1.82, 2.24) is 10.2 Å². The van der Waals surface area contributed by atoms with Gasteiger partial charge in [-0.05, 0) is 18.6 Å². The number of hydrogen-bond donors (Lipinski definition) is 3. The monoisotopic (exact) mass is 312 g/mol. The fourth-order valence-electron chi connectivity index (χ4n) is 2.27. The fraction of sp³-hybridized carbons (Fsp3) is 0.462. The van der Waals surface area contributed by atoms with Gasteiger partial charge in [0.25, 0.3) is 0 Å². The molecule has 0 radical (unpaired) electrons. The highest BCUT2D eigenvalue weighted by Crippen LogP contribution is 2.18. The van der Waals surface area contributed by atoms with Crippen LogP contribution in [0.3, 0.4) is 0 Å². The number of benzene rings is 1. The lowest BCUT2D eigenvalue weighted by atomic mass is 10.3. The van der Waals surface area contributed by atoms with Crippen molar-refractivity contribution < 1.29 is 13.2 Å². The predicted molar refractivity (Wildman–Crippen MR) is 80.4 cm³/mol. The summed E-state index contributed by atoms with van der Waals surface area (Å²) in [5.74, 6) is 0.0498. The Kier molecular flexibility index (Phi) is 5.16. The van der Waals surface area contributed by atoms with Gasteiger partial charge in [0.1, 0.15) is 4.90 Å². The lowest BCUT2D eigenvalue weighted by Gasteiger charge is -2.26. The van der Waals surface area contributed by atoms with Crippen LogP contribution < -0.4 is 15.8 Å². The Morgan fingerprint density at radius 3 is 2.81 bits per heavy atom. The van der Waals surface area contributed by atoms with Crippen LogP contribution in [0.15, 0.2) is 29.2 Å². The van der Waals surface area contributed by atoms with Crippen LogP contribution in [0.1, 0.15) is 6.42 Å². The standard InChI is InChI=1S/C13H20N4O3S/c14-21(19,20)12-5-2-1-4-11(12)15-6-3-8-17-9-7-16-13(18)10-17/h1-2,4-5,15H,3,6-10H2,(H,16,18)(H2,14,19,20). The van der Waals surface area contributed by atoms with Crippen molar-refractivity contribution in [2.24, 2.45) is 5.14 Å². The van der Waals surface area contributed by atoms with E-state index in [0.717, 1.165) is 19.5 Å². The SMILES string of the molecule is NS(=O)(=O)c1ccccc1NCCCN1CCNC(=O)C1. The Bertz CT molecular complexity index is 603. The van der Waals surface area contributed by atoms with Gasteiger partial charge in [-0.3, -0.25) is 9.69 Å². The Morgan fingerprint density at radius 2 is 2.10 bits per heavy atom. The summed E-state index contributed by atoms with van der Waals surface area (Å²) in [5, 5.41) is 11.0. The second kappa shape index (κ2) is 6.88. The summed E-state index contributed by atoms with van der Waals surface area (Å²) in [5.41, 5.74) is 0.511. The zero-order valence-electron chi connectivity index (χ0n) is 11.7. The maximum Gasteiger partial charge on any atom is 0.240 e. The number of nitrogens with one attached hydrogen (secondary N) is 2. The second-order valence-corrected chi connectivity index (χ2v) is 6.48. The molecule has 1 saturated heterocycles. The molecule has 116 valence electrons. The van der Waals surface area contributed by atoms with Gasteiger partial charge in [-0.25, -0.2) is 13.6 Å². The summed E-state index contributed by atoms with van der Waals surface area (Å²) in [4.78, 5) is 13.4. The van der Waals surface area contributed by atoms with Crippen LogP contribution in [0, 0.1) is 0 Å². The molecule has 1 aliphatic rings. The minimum absolute atomic E-state index is 0.0498. The highest BCUT2D eigenvalue weighted by Gasteiger charge is 2.15. The van der Waals surface area contributed by atoms with Gasteiger partial charge in [-0.1, -0.05) is 12.1 Å². The molecule has 0 aliphatic carbocycles. The molecule has 1 amide bonds. The van der Waals surface area contributed by atoms with E-state index in [0.29, 0.717) is 25.3 Å². The Morgan fingerprint density at radius 1 is 1.33 bits per heavy atom. The summed E-state index contributed by atoms with van der Waals surface area (Å²) in [6.07, 6.45) is 0.812. The summed E-state index contributed by atoms with van der Waals surface area (Å²) >= 11 is 0. The molecule has 8 heteroatoms. The van der Waals surface area contributed by atoms with Crippen LogP contribution in [0.2, 0.25) is 0 Å². The number of nitrogens with two attached hydrogens (primary N) is 1. The zero-order valence-corrected chi connectivity index (χ0v) is 12.5. The van der Waals surface area contributed by atoms with E-state index in [-0.39, 0.29) is 10.8 Å². The number of carbonyl (C=O) groups excluding carboxylic acids is 1. The molecule has 4 N–H and O–H groups in total. The third-order valence-electron chi connectivity index (χ3n) is 3.28. The van der Waals surface area contributed by atoms with E-state index in [1.54, 1.807) is 18.2 Å². The topological polar surface area (TPSA) is 105 Å². The molecule has 1 aliphatic heterocycles. The smallest absolute Gasteiger partial charge is 0.240 e. The van der Waals surface area contributed by atoms with E-state index in [1.165, 1.54) is 6.07 Å². The Hall–Kier alpha value is -1.64. The average Bonchev–Trinajstić information content (AvgIpc) is 2.43. The Labute approximate surface area is 124 Å². The fourth-order valence-corrected chi connectivity index (χ4v) is 2.98. The first-order valence-corrected chi connectivity index (χ1v) is 8.36. The second-order valence-electron chi connectivity index (χ2n) is 4.95. The number of primary sulfonamides is 1. The van der Waals surface area contributed by atoms with Crippen molar-refractivity contribution in [3.8, 4) is 0 Å². The van der Waals surface area contributed by atoms with Crippen molar-refractivity contribution in [2.45, 2.75) is 11.3 Å². The maximum absolute atomic E-state index is 11.5. The Balaban J connectivity index is 1.83. The molecule has 1 heterocycles. The van der Waals surface area contributed by atoms with Crippen LogP contribution in [-0.4, -0.2) is 51.9 Å². The van der Waals surface area contributed by atoms with Gasteiger partial charge in [0.05, 0.1) is 12.2 Å². The average molecular weight is 312 g/mol. The zero-order chi connectivity index (χ0) is 15.3. The van der Waals surface area contributed by atoms with Crippen LogP contribution in [0.25, 0.3) is 0 Å². The van der Waals surface area contributed by atoms with Gasteiger partial charge < -0.3 is 10.6 Å². The van der Waals surface area contributed by atoms with E-state index in [1.807, 2.05) is 0 Å². The number of carbonyl (C=O) groups is 1. The molecule has 21 heavy (non-hydrogen) atoms. The van der Waals surface area contributed by atoms with Gasteiger partial charge in [0, 0.05) is 26.2 Å². The number of para-hydroxylation sites is 1. The lowest BCUT2D eigenvalue weighted by molar-refractivity contribution is -0.124. The third kappa shape index (κ3) is 4.69. The van der Waals surface area contributed by atoms with E-state index in [2.05, 4.69) is 15.5 Å². The summed E-state index contributed by atoms with van der Waals surface area (Å²) < 4.78 is 22.9. The van der Waals surface area contributed by atoms with Crippen LogP contribution in [0.5, 0.6) is 0 Å². The third-order valence-corrected chi connectivity index (χ3v) is 4.25. The molecule has 7 nitrogen and oxygen atoms in total. The van der Waals surface area contributed by atoms with E-state index >= 15 is 0 Å². The first-order valence-electron chi connectivity index (χ1n) is 6.81. The van der Waals surface area contributed by atoms with Crippen molar-refractivity contribution >= 4 is 21.6 Å². The number of amides is 1. The minimum Gasteiger partial charge on any atom is -0.384 e. The molecule has 0 bridgehead atoms. The molecule has 2 rings (SSSR count). The van der Waals surface area contributed by atoms with E-state index in [4.69, 9.17) is 5.14 Å². The highest BCUT2D eigenvalue weighted by molar-refractivity contribution is 7.89. The van der Waals surface area contributed by atoms with Crippen molar-refractivity contribution in [1.29, 1.82) is 0 Å². The molecule has 1 fully saturated rings. The van der Waals surface area contributed by atoms with Crippen LogP contribution >= 0.6 is 0 Å². The van der Waals surface area contributed by atoms with E-state index < -0.39 is 10.0 Å². The molecule has 0 saturated carbocycles. The molecular formula is C13H20N4O3S. The maximum atomic E-state index is 11.5. The van der Waals surface area contributed by atoms with Crippen molar-refractivity contribution in [2.75, 3.05) is 38.0 Å². The normalized spacial score (nSPS) is 16.5. The van der Waals surface area contributed by atoms with Gasteiger partial charge in [-0.15, -0.1) is 0 Å². The van der Waals surface area contributed by atoms with Gasteiger partial charge in [0.15, 0.2) is 0 Å². The molecule has 1 aromatic carbocycles. The van der Waals surface area contributed by atoms with Crippen LogP contribution in [-0.2, 0) is 14.8 Å². The molecule has 0 aromatic heterocycles. The van der Waals surface area contributed by atoms with E-state index in [9.17, 15) is 13.2 Å². The van der Waals surface area contributed by atoms with Crippen molar-refractivity contribution in [3.63, 3.8) is 0 Å². The predicted octanol–water partition coefficient (Wildman–Crippen LogP) is -0.432. The highest BCUT2D eigenvalue weighted by atomic mass is 32.2. The number of hydrogen-bond acceptors (Lipinski definition) is 5. The quantitative estimate of drug-likeness (QED) is 0.618. The van der Waals surface area contributed by atoms with Gasteiger partial charge >= 0.3 is 0 Å². The van der Waals surface area contributed by atoms with Crippen LogP contribution in [0.4, 0.5) is 5.69 Å². The summed E-state index contributed by atoms with van der Waals surface area (Å²) in [6, 6.07) is 6.56. The lowest BCUT2D eigenvalue weighted by Crippen LogP contribution is -2.47.